The highest BCUT2D eigenvalue weighted by atomic mass is 16.5. The molecular weight excluding hydrogens is 410 g/mol. The standard InChI is InChI=1S/C28H31N3O2/c32-28(24-11-5-2-6-12-24)31-19-17-30(18-20-31)26-21-25(29-15-7-8-16-29)13-14-27(26)33-22-23-9-3-1-4-10-23/h1-6,9-14,21H,7-8,15-20,22H2. The van der Waals surface area contributed by atoms with Crippen molar-refractivity contribution >= 4 is 17.3 Å². The second-order valence-electron chi connectivity index (χ2n) is 8.77. The van der Waals surface area contributed by atoms with Gasteiger partial charge >= 0.3 is 0 Å². The van der Waals surface area contributed by atoms with E-state index in [1.54, 1.807) is 0 Å². The van der Waals surface area contributed by atoms with Crippen molar-refractivity contribution in [1.29, 1.82) is 0 Å². The number of ether oxygens (including phenoxy) is 1. The maximum Gasteiger partial charge on any atom is 0.253 e. The Morgan fingerprint density at radius 2 is 1.39 bits per heavy atom. The number of hydrogen-bond donors (Lipinski definition) is 0. The van der Waals surface area contributed by atoms with Crippen LogP contribution in [-0.2, 0) is 6.61 Å². The third-order valence-electron chi connectivity index (χ3n) is 6.58. The van der Waals surface area contributed by atoms with Crippen molar-refractivity contribution in [1.82, 2.24) is 4.90 Å². The number of amides is 1. The molecule has 0 atom stereocenters. The van der Waals surface area contributed by atoms with Crippen LogP contribution in [0.1, 0.15) is 28.8 Å². The van der Waals surface area contributed by atoms with Gasteiger partial charge in [0.25, 0.3) is 5.91 Å². The lowest BCUT2D eigenvalue weighted by molar-refractivity contribution is 0.0746. The fourth-order valence-corrected chi connectivity index (χ4v) is 4.70. The number of hydrogen-bond acceptors (Lipinski definition) is 4. The van der Waals surface area contributed by atoms with Crippen LogP contribution in [0.5, 0.6) is 5.75 Å². The van der Waals surface area contributed by atoms with Gasteiger partial charge in [-0.2, -0.15) is 0 Å². The van der Waals surface area contributed by atoms with Crippen molar-refractivity contribution in [3.05, 3.63) is 90.0 Å². The van der Waals surface area contributed by atoms with Gasteiger partial charge < -0.3 is 19.4 Å². The zero-order chi connectivity index (χ0) is 22.5. The van der Waals surface area contributed by atoms with Crippen molar-refractivity contribution in [2.24, 2.45) is 0 Å². The molecule has 0 aromatic heterocycles. The minimum atomic E-state index is 0.113. The van der Waals surface area contributed by atoms with Gasteiger partial charge in [0.05, 0.1) is 5.69 Å². The number of rotatable bonds is 6. The van der Waals surface area contributed by atoms with Gasteiger partial charge in [-0.15, -0.1) is 0 Å². The van der Waals surface area contributed by atoms with Gasteiger partial charge in [-0.25, -0.2) is 0 Å². The Morgan fingerprint density at radius 3 is 2.09 bits per heavy atom. The van der Waals surface area contributed by atoms with E-state index >= 15 is 0 Å². The molecule has 3 aromatic carbocycles. The maximum atomic E-state index is 12.9. The number of carbonyl (C=O) groups excluding carboxylic acids is 1. The monoisotopic (exact) mass is 441 g/mol. The molecule has 5 rings (SSSR count). The first-order chi connectivity index (χ1) is 16.3. The summed E-state index contributed by atoms with van der Waals surface area (Å²) in [5, 5.41) is 0. The van der Waals surface area contributed by atoms with Gasteiger partial charge in [0.1, 0.15) is 12.4 Å². The molecule has 0 saturated carbocycles. The minimum absolute atomic E-state index is 0.113. The summed E-state index contributed by atoms with van der Waals surface area (Å²) >= 11 is 0. The van der Waals surface area contributed by atoms with Crippen LogP contribution in [0.4, 0.5) is 11.4 Å². The topological polar surface area (TPSA) is 36.0 Å². The van der Waals surface area contributed by atoms with E-state index in [2.05, 4.69) is 40.1 Å². The number of carbonyl (C=O) groups is 1. The van der Waals surface area contributed by atoms with Crippen molar-refractivity contribution in [2.45, 2.75) is 19.4 Å². The zero-order valence-corrected chi connectivity index (χ0v) is 19.0. The number of anilines is 2. The van der Waals surface area contributed by atoms with E-state index in [1.165, 1.54) is 18.5 Å². The number of nitrogens with zero attached hydrogens (tertiary/aromatic N) is 3. The molecule has 0 aliphatic carbocycles. The second-order valence-corrected chi connectivity index (χ2v) is 8.77. The molecule has 0 spiro atoms. The highest BCUT2D eigenvalue weighted by Crippen LogP contribution is 2.35. The Morgan fingerprint density at radius 1 is 0.727 bits per heavy atom. The minimum Gasteiger partial charge on any atom is -0.487 e. The van der Waals surface area contributed by atoms with Crippen molar-refractivity contribution in [3.63, 3.8) is 0 Å². The van der Waals surface area contributed by atoms with Crippen LogP contribution in [0.15, 0.2) is 78.9 Å². The molecular formula is C28H31N3O2. The molecule has 2 saturated heterocycles. The molecule has 5 heteroatoms. The summed E-state index contributed by atoms with van der Waals surface area (Å²) in [5.41, 5.74) is 4.30. The molecule has 170 valence electrons. The quantitative estimate of drug-likeness (QED) is 0.549. The predicted octanol–water partition coefficient (Wildman–Crippen LogP) is 4.83. The summed E-state index contributed by atoms with van der Waals surface area (Å²) in [7, 11) is 0. The molecule has 0 unspecified atom stereocenters. The van der Waals surface area contributed by atoms with Crippen LogP contribution in [0.3, 0.4) is 0 Å². The Hall–Kier alpha value is -3.47. The van der Waals surface area contributed by atoms with Crippen molar-refractivity contribution < 1.29 is 9.53 Å². The van der Waals surface area contributed by atoms with Crippen molar-refractivity contribution in [2.75, 3.05) is 49.1 Å². The van der Waals surface area contributed by atoms with Gasteiger partial charge in [0, 0.05) is 50.5 Å². The number of piperazine rings is 1. The van der Waals surface area contributed by atoms with Gasteiger partial charge in [-0.3, -0.25) is 4.79 Å². The van der Waals surface area contributed by atoms with Crippen LogP contribution in [0.25, 0.3) is 0 Å². The molecule has 2 fully saturated rings. The molecule has 2 aliphatic heterocycles. The van der Waals surface area contributed by atoms with E-state index in [9.17, 15) is 4.79 Å². The smallest absolute Gasteiger partial charge is 0.253 e. The maximum absolute atomic E-state index is 12.9. The molecule has 0 bridgehead atoms. The van der Waals surface area contributed by atoms with Gasteiger partial charge in [0.2, 0.25) is 0 Å². The van der Waals surface area contributed by atoms with Gasteiger partial charge in [-0.1, -0.05) is 48.5 Å². The lowest BCUT2D eigenvalue weighted by Crippen LogP contribution is -2.48. The Labute approximate surface area is 196 Å². The third kappa shape index (κ3) is 4.98. The Kier molecular flexibility index (Phi) is 6.47. The van der Waals surface area contributed by atoms with Crippen molar-refractivity contribution in [3.8, 4) is 5.75 Å². The van der Waals surface area contributed by atoms with Gasteiger partial charge in [0.15, 0.2) is 0 Å². The van der Waals surface area contributed by atoms with E-state index in [0.717, 1.165) is 48.7 Å². The van der Waals surface area contributed by atoms with E-state index in [1.807, 2.05) is 53.4 Å². The third-order valence-corrected chi connectivity index (χ3v) is 6.58. The molecule has 33 heavy (non-hydrogen) atoms. The lowest BCUT2D eigenvalue weighted by Gasteiger charge is -2.37. The normalized spacial score (nSPS) is 16.2. The van der Waals surface area contributed by atoms with E-state index in [0.29, 0.717) is 19.7 Å². The molecule has 2 heterocycles. The summed E-state index contributed by atoms with van der Waals surface area (Å²) in [4.78, 5) is 19.7. The Bertz CT molecular complexity index is 1060. The summed E-state index contributed by atoms with van der Waals surface area (Å²) in [6, 6.07) is 26.4. The molecule has 3 aromatic rings. The molecule has 0 N–H and O–H groups in total. The van der Waals surface area contributed by atoms with Crippen LogP contribution in [0, 0.1) is 0 Å². The van der Waals surface area contributed by atoms with Crippen LogP contribution in [-0.4, -0.2) is 50.1 Å². The molecule has 1 amide bonds. The van der Waals surface area contributed by atoms with Gasteiger partial charge in [-0.05, 0) is 48.7 Å². The molecule has 0 radical (unpaired) electrons. The highest BCUT2D eigenvalue weighted by molar-refractivity contribution is 5.94. The summed E-state index contributed by atoms with van der Waals surface area (Å²) < 4.78 is 6.30. The highest BCUT2D eigenvalue weighted by Gasteiger charge is 2.25. The zero-order valence-electron chi connectivity index (χ0n) is 19.0. The van der Waals surface area contributed by atoms with Crippen LogP contribution >= 0.6 is 0 Å². The average molecular weight is 442 g/mol. The summed E-state index contributed by atoms with van der Waals surface area (Å²) in [6.07, 6.45) is 2.50. The second kappa shape index (κ2) is 9.99. The number of benzene rings is 3. The predicted molar refractivity (Wildman–Crippen MR) is 133 cm³/mol. The fraction of sp³-hybridized carbons (Fsp3) is 0.321. The van der Waals surface area contributed by atoms with E-state index < -0.39 is 0 Å². The largest absolute Gasteiger partial charge is 0.487 e. The lowest BCUT2D eigenvalue weighted by atomic mass is 10.1. The SMILES string of the molecule is O=C(c1ccccc1)N1CCN(c2cc(N3CCCC3)ccc2OCc2ccccc2)CC1. The molecule has 5 nitrogen and oxygen atoms in total. The average Bonchev–Trinajstić information content (AvgIpc) is 3.43. The first kappa shape index (κ1) is 21.4. The van der Waals surface area contributed by atoms with E-state index in [-0.39, 0.29) is 5.91 Å². The van der Waals surface area contributed by atoms with Crippen LogP contribution in [0.2, 0.25) is 0 Å². The first-order valence-corrected chi connectivity index (χ1v) is 11.9. The summed E-state index contributed by atoms with van der Waals surface area (Å²) in [6.45, 7) is 5.78. The first-order valence-electron chi connectivity index (χ1n) is 11.9. The fourth-order valence-electron chi connectivity index (χ4n) is 4.70. The Balaban J connectivity index is 1.32. The molecule has 2 aliphatic rings. The van der Waals surface area contributed by atoms with E-state index in [4.69, 9.17) is 4.74 Å². The summed E-state index contributed by atoms with van der Waals surface area (Å²) in [5.74, 6) is 1.02. The van der Waals surface area contributed by atoms with Crippen LogP contribution < -0.4 is 14.5 Å².